The summed E-state index contributed by atoms with van der Waals surface area (Å²) < 4.78 is 12.7. The second kappa shape index (κ2) is 4.77. The highest BCUT2D eigenvalue weighted by Crippen LogP contribution is 2.16. The maximum atomic E-state index is 12.7. The van der Waals surface area contributed by atoms with E-state index < -0.39 is 11.8 Å². The summed E-state index contributed by atoms with van der Waals surface area (Å²) in [6.07, 6.45) is 3.00. The Kier molecular flexibility index (Phi) is 3.65. The highest BCUT2D eigenvalue weighted by Gasteiger charge is 1.98. The Morgan fingerprint density at radius 1 is 1.57 bits per heavy atom. The van der Waals surface area contributed by atoms with Gasteiger partial charge in [-0.3, -0.25) is 4.79 Å². The zero-order chi connectivity index (χ0) is 10.6. The number of hydrogen-bond acceptors (Lipinski definition) is 1. The fraction of sp³-hybridized carbons (Fsp3) is 0.100. The highest BCUT2D eigenvalue weighted by molar-refractivity contribution is 6.30. The van der Waals surface area contributed by atoms with E-state index >= 15 is 0 Å². The summed E-state index contributed by atoms with van der Waals surface area (Å²) >= 11 is 5.53. The van der Waals surface area contributed by atoms with Crippen LogP contribution >= 0.6 is 11.6 Å². The first-order chi connectivity index (χ1) is 6.59. The second-order valence-corrected chi connectivity index (χ2v) is 3.08. The maximum Gasteiger partial charge on any atom is 0.307 e. The Bertz CT molecular complexity index is 374. The van der Waals surface area contributed by atoms with Crippen molar-refractivity contribution in [3.05, 3.63) is 40.7 Å². The van der Waals surface area contributed by atoms with Crippen molar-refractivity contribution in [2.75, 3.05) is 0 Å². The summed E-state index contributed by atoms with van der Waals surface area (Å²) in [5, 5.41) is 8.38. The molecule has 1 aromatic rings. The van der Waals surface area contributed by atoms with Crippen LogP contribution in [0.1, 0.15) is 12.0 Å². The van der Waals surface area contributed by atoms with Gasteiger partial charge >= 0.3 is 5.97 Å². The third kappa shape index (κ3) is 3.18. The smallest absolute Gasteiger partial charge is 0.307 e. The van der Waals surface area contributed by atoms with E-state index in [2.05, 4.69) is 0 Å². The Morgan fingerprint density at radius 2 is 2.29 bits per heavy atom. The predicted octanol–water partition coefficient (Wildman–Crippen LogP) is 2.97. The first-order valence-corrected chi connectivity index (χ1v) is 4.31. The zero-order valence-electron chi connectivity index (χ0n) is 7.21. The van der Waals surface area contributed by atoms with Crippen LogP contribution in [-0.4, -0.2) is 11.1 Å². The molecule has 0 aliphatic rings. The van der Waals surface area contributed by atoms with Crippen LogP contribution in [0.3, 0.4) is 0 Å². The zero-order valence-corrected chi connectivity index (χ0v) is 7.96. The van der Waals surface area contributed by atoms with Crippen molar-refractivity contribution in [1.82, 2.24) is 0 Å². The van der Waals surface area contributed by atoms with Gasteiger partial charge in [0.1, 0.15) is 5.82 Å². The Balaban J connectivity index is 2.73. The third-order valence-corrected chi connectivity index (χ3v) is 1.84. The van der Waals surface area contributed by atoms with Crippen molar-refractivity contribution in [3.63, 3.8) is 0 Å². The molecule has 0 amide bonds. The van der Waals surface area contributed by atoms with E-state index in [-0.39, 0.29) is 11.4 Å². The highest BCUT2D eigenvalue weighted by atomic mass is 35.5. The van der Waals surface area contributed by atoms with Crippen LogP contribution in [0.5, 0.6) is 0 Å². The minimum atomic E-state index is -0.908. The molecule has 0 heterocycles. The number of carboxylic acid groups (broad SMARTS) is 1. The molecule has 1 N–H and O–H groups in total. The fourth-order valence-electron chi connectivity index (χ4n) is 0.912. The average molecular weight is 215 g/mol. The quantitative estimate of drug-likeness (QED) is 0.840. The molecule has 0 bridgehead atoms. The van der Waals surface area contributed by atoms with E-state index in [1.165, 1.54) is 24.3 Å². The summed E-state index contributed by atoms with van der Waals surface area (Å²) in [6.45, 7) is 0. The van der Waals surface area contributed by atoms with Crippen molar-refractivity contribution < 1.29 is 14.3 Å². The summed E-state index contributed by atoms with van der Waals surface area (Å²) in [5.41, 5.74) is 0.678. The number of carbonyl (C=O) groups is 1. The number of halogens is 2. The number of hydrogen-bond donors (Lipinski definition) is 1. The number of benzene rings is 1. The summed E-state index contributed by atoms with van der Waals surface area (Å²) in [5.74, 6) is -1.39. The van der Waals surface area contributed by atoms with E-state index in [0.29, 0.717) is 5.56 Å². The topological polar surface area (TPSA) is 37.3 Å². The van der Waals surface area contributed by atoms with E-state index in [1.807, 2.05) is 0 Å². The van der Waals surface area contributed by atoms with Gasteiger partial charge in [-0.15, -0.1) is 0 Å². The minimum Gasteiger partial charge on any atom is -0.481 e. The van der Waals surface area contributed by atoms with Gasteiger partial charge in [0.2, 0.25) is 0 Å². The number of aliphatic carboxylic acids is 1. The molecule has 4 heteroatoms. The van der Waals surface area contributed by atoms with Crippen LogP contribution in [0.4, 0.5) is 4.39 Å². The molecule has 14 heavy (non-hydrogen) atoms. The molecule has 2 nitrogen and oxygen atoms in total. The third-order valence-electron chi connectivity index (χ3n) is 1.55. The molecule has 0 aliphatic heterocycles. The molecule has 0 aliphatic carbocycles. The Morgan fingerprint density at radius 3 is 2.86 bits per heavy atom. The predicted molar refractivity (Wildman–Crippen MR) is 52.7 cm³/mol. The fourth-order valence-corrected chi connectivity index (χ4v) is 1.10. The van der Waals surface area contributed by atoms with Crippen molar-refractivity contribution >= 4 is 23.6 Å². The van der Waals surface area contributed by atoms with Gasteiger partial charge in [0.05, 0.1) is 11.4 Å². The lowest BCUT2D eigenvalue weighted by molar-refractivity contribution is -0.135. The Labute approximate surface area is 85.6 Å². The summed E-state index contributed by atoms with van der Waals surface area (Å²) in [4.78, 5) is 10.2. The van der Waals surface area contributed by atoms with Crippen LogP contribution in [0.25, 0.3) is 6.08 Å². The number of carboxylic acids is 1. The molecule has 0 atom stereocenters. The number of rotatable bonds is 3. The molecule has 0 unspecified atom stereocenters. The Hall–Kier alpha value is -1.35. The lowest BCUT2D eigenvalue weighted by Crippen LogP contribution is -1.89. The van der Waals surface area contributed by atoms with E-state index in [9.17, 15) is 9.18 Å². The van der Waals surface area contributed by atoms with Gasteiger partial charge in [-0.1, -0.05) is 29.8 Å². The second-order valence-electron chi connectivity index (χ2n) is 2.67. The van der Waals surface area contributed by atoms with E-state index in [0.717, 1.165) is 0 Å². The monoisotopic (exact) mass is 214 g/mol. The van der Waals surface area contributed by atoms with Gasteiger partial charge in [-0.05, 0) is 17.7 Å². The lowest BCUT2D eigenvalue weighted by Gasteiger charge is -1.95. The van der Waals surface area contributed by atoms with Crippen LogP contribution in [0.2, 0.25) is 5.02 Å². The largest absolute Gasteiger partial charge is 0.481 e. The summed E-state index contributed by atoms with van der Waals surface area (Å²) in [6, 6.07) is 4.21. The summed E-state index contributed by atoms with van der Waals surface area (Å²) in [7, 11) is 0. The first kappa shape index (κ1) is 10.7. The SMILES string of the molecule is O=C(O)C/C=C/c1ccc(F)c(Cl)c1. The first-order valence-electron chi connectivity index (χ1n) is 3.93. The lowest BCUT2D eigenvalue weighted by atomic mass is 10.2. The van der Waals surface area contributed by atoms with Crippen LogP contribution in [-0.2, 0) is 4.79 Å². The molecule has 0 fully saturated rings. The molecule has 1 rings (SSSR count). The average Bonchev–Trinajstić information content (AvgIpc) is 2.10. The van der Waals surface area contributed by atoms with Crippen molar-refractivity contribution in [1.29, 1.82) is 0 Å². The van der Waals surface area contributed by atoms with Crippen LogP contribution in [0, 0.1) is 5.82 Å². The van der Waals surface area contributed by atoms with E-state index in [1.54, 1.807) is 6.08 Å². The maximum absolute atomic E-state index is 12.7. The minimum absolute atomic E-state index is 0.0301. The molecule has 74 valence electrons. The van der Waals surface area contributed by atoms with E-state index in [4.69, 9.17) is 16.7 Å². The van der Waals surface area contributed by atoms with Crippen molar-refractivity contribution in [2.45, 2.75) is 6.42 Å². The molecule has 0 saturated carbocycles. The molecular weight excluding hydrogens is 207 g/mol. The van der Waals surface area contributed by atoms with Crippen molar-refractivity contribution in [2.24, 2.45) is 0 Å². The molecule has 1 aromatic carbocycles. The molecule has 0 saturated heterocycles. The van der Waals surface area contributed by atoms with Gasteiger partial charge in [0.25, 0.3) is 0 Å². The van der Waals surface area contributed by atoms with Crippen LogP contribution < -0.4 is 0 Å². The van der Waals surface area contributed by atoms with Crippen LogP contribution in [0.15, 0.2) is 24.3 Å². The van der Waals surface area contributed by atoms with Gasteiger partial charge in [-0.25, -0.2) is 4.39 Å². The molecule has 0 aromatic heterocycles. The standard InChI is InChI=1S/C10H8ClFO2/c11-8-6-7(4-5-9(8)12)2-1-3-10(13)14/h1-2,4-6H,3H2,(H,13,14)/b2-1+. The molecule has 0 radical (unpaired) electrons. The van der Waals surface area contributed by atoms with Crippen molar-refractivity contribution in [3.8, 4) is 0 Å². The van der Waals surface area contributed by atoms with Gasteiger partial charge in [0, 0.05) is 0 Å². The van der Waals surface area contributed by atoms with Gasteiger partial charge in [-0.2, -0.15) is 0 Å². The van der Waals surface area contributed by atoms with Gasteiger partial charge < -0.3 is 5.11 Å². The molecule has 0 spiro atoms. The normalized spacial score (nSPS) is 10.7. The van der Waals surface area contributed by atoms with Gasteiger partial charge in [0.15, 0.2) is 0 Å². The molecular formula is C10H8ClFO2.